The number of nitrogens with one attached hydrogen (secondary N) is 1. The zero-order valence-corrected chi connectivity index (χ0v) is 19.6. The summed E-state index contributed by atoms with van der Waals surface area (Å²) >= 11 is 0. The van der Waals surface area contributed by atoms with Crippen LogP contribution in [-0.2, 0) is 22.0 Å². The van der Waals surface area contributed by atoms with Crippen LogP contribution in [0.25, 0.3) is 11.4 Å². The van der Waals surface area contributed by atoms with Gasteiger partial charge in [-0.1, -0.05) is 64.0 Å². The maximum Gasteiger partial charge on any atom is 0.242 e. The Morgan fingerprint density at radius 3 is 2.35 bits per heavy atom. The topological polar surface area (TPSA) is 94.3 Å². The number of nitrogens with zero attached hydrogens (tertiary/aromatic N) is 2. The predicted octanol–water partition coefficient (Wildman–Crippen LogP) is 4.64. The molecule has 31 heavy (non-hydrogen) atoms. The highest BCUT2D eigenvalue weighted by atomic mass is 32.2. The Morgan fingerprint density at radius 2 is 1.77 bits per heavy atom. The zero-order valence-electron chi connectivity index (χ0n) is 18.8. The third-order valence-corrected chi connectivity index (χ3v) is 6.42. The fourth-order valence-electron chi connectivity index (χ4n) is 3.13. The van der Waals surface area contributed by atoms with Gasteiger partial charge in [-0.2, -0.15) is 4.98 Å². The van der Waals surface area contributed by atoms with Crippen LogP contribution in [-0.4, -0.2) is 25.7 Å². The summed E-state index contributed by atoms with van der Waals surface area (Å²) in [5.74, 6) is 1.39. The van der Waals surface area contributed by atoms with Gasteiger partial charge in [0.05, 0.1) is 18.6 Å². The van der Waals surface area contributed by atoms with Crippen molar-refractivity contribution in [2.45, 2.75) is 57.4 Å². The summed E-state index contributed by atoms with van der Waals surface area (Å²) in [5.41, 5.74) is 2.88. The summed E-state index contributed by atoms with van der Waals surface area (Å²) in [6.45, 7) is 10.3. The number of sulfonamides is 1. The minimum Gasteiger partial charge on any atom is -0.496 e. The van der Waals surface area contributed by atoms with E-state index in [1.165, 1.54) is 11.6 Å². The smallest absolute Gasteiger partial charge is 0.242 e. The molecule has 166 valence electrons. The molecule has 3 aromatic rings. The van der Waals surface area contributed by atoms with Crippen LogP contribution >= 0.6 is 0 Å². The Bertz CT molecular complexity index is 1140. The number of hydrogen-bond acceptors (Lipinski definition) is 6. The van der Waals surface area contributed by atoms with E-state index in [-0.39, 0.29) is 28.7 Å². The van der Waals surface area contributed by atoms with Crippen LogP contribution in [0.2, 0.25) is 0 Å². The van der Waals surface area contributed by atoms with E-state index in [4.69, 9.17) is 9.26 Å². The quantitative estimate of drug-likeness (QED) is 0.571. The molecule has 7 nitrogen and oxygen atoms in total. The first kappa shape index (κ1) is 23.0. The maximum atomic E-state index is 12.7. The molecule has 8 heteroatoms. The number of hydrogen-bond donors (Lipinski definition) is 1. The van der Waals surface area contributed by atoms with Gasteiger partial charge in [-0.05, 0) is 40.7 Å². The fraction of sp³-hybridized carbons (Fsp3) is 0.391. The standard InChI is InChI=1S/C23H29N3O4S/c1-15(2)19-13-18(11-12-20(19)29-6)31(27,28)24-14-21-25-22(26-30-21)16-7-9-17(10-8-16)23(3,4)5/h7-13,15,24H,14H2,1-6H3. The van der Waals surface area contributed by atoms with Gasteiger partial charge in [0.1, 0.15) is 5.75 Å². The highest BCUT2D eigenvalue weighted by Gasteiger charge is 2.20. The molecule has 2 aromatic carbocycles. The lowest BCUT2D eigenvalue weighted by Crippen LogP contribution is -2.23. The Morgan fingerprint density at radius 1 is 1.10 bits per heavy atom. The van der Waals surface area contributed by atoms with Crippen LogP contribution in [0.5, 0.6) is 5.75 Å². The summed E-state index contributed by atoms with van der Waals surface area (Å²) < 4.78 is 38.6. The van der Waals surface area contributed by atoms with Crippen molar-refractivity contribution in [2.75, 3.05) is 7.11 Å². The molecular weight excluding hydrogens is 414 g/mol. The molecule has 0 atom stereocenters. The molecule has 0 fully saturated rings. The molecule has 0 spiro atoms. The zero-order chi connectivity index (χ0) is 22.8. The second-order valence-electron chi connectivity index (χ2n) is 8.72. The van der Waals surface area contributed by atoms with Crippen LogP contribution in [0.1, 0.15) is 57.6 Å². The number of aromatic nitrogens is 2. The fourth-order valence-corrected chi connectivity index (χ4v) is 4.14. The van der Waals surface area contributed by atoms with Crippen molar-refractivity contribution in [3.63, 3.8) is 0 Å². The molecule has 0 unspecified atom stereocenters. The number of methoxy groups -OCH3 is 1. The normalized spacial score (nSPS) is 12.4. The summed E-state index contributed by atoms with van der Waals surface area (Å²) in [6.07, 6.45) is 0. The lowest BCUT2D eigenvalue weighted by molar-refractivity contribution is 0.376. The van der Waals surface area contributed by atoms with E-state index >= 15 is 0 Å². The van der Waals surface area contributed by atoms with E-state index in [0.29, 0.717) is 11.6 Å². The number of ether oxygens (including phenoxy) is 1. The molecule has 0 saturated heterocycles. The molecule has 0 aliphatic rings. The largest absolute Gasteiger partial charge is 0.496 e. The second-order valence-corrected chi connectivity index (χ2v) is 10.5. The van der Waals surface area contributed by atoms with E-state index in [9.17, 15) is 8.42 Å². The molecule has 0 radical (unpaired) electrons. The highest BCUT2D eigenvalue weighted by molar-refractivity contribution is 7.89. The molecule has 0 saturated carbocycles. The summed E-state index contributed by atoms with van der Waals surface area (Å²) in [7, 11) is -2.18. The van der Waals surface area contributed by atoms with Crippen LogP contribution in [0.4, 0.5) is 0 Å². The van der Waals surface area contributed by atoms with Crippen molar-refractivity contribution >= 4 is 10.0 Å². The minimum absolute atomic E-state index is 0.0517. The van der Waals surface area contributed by atoms with E-state index < -0.39 is 10.0 Å². The van der Waals surface area contributed by atoms with Crippen LogP contribution in [0, 0.1) is 0 Å². The SMILES string of the molecule is COc1ccc(S(=O)(=O)NCc2nc(-c3ccc(C(C)(C)C)cc3)no2)cc1C(C)C. The maximum absolute atomic E-state index is 12.7. The van der Waals surface area contributed by atoms with Gasteiger partial charge in [0.25, 0.3) is 0 Å². The van der Waals surface area contributed by atoms with E-state index in [2.05, 4.69) is 35.6 Å². The first-order valence-electron chi connectivity index (χ1n) is 10.1. The van der Waals surface area contributed by atoms with E-state index in [0.717, 1.165) is 11.1 Å². The molecular formula is C23H29N3O4S. The average Bonchev–Trinajstić information content (AvgIpc) is 3.20. The predicted molar refractivity (Wildman–Crippen MR) is 120 cm³/mol. The van der Waals surface area contributed by atoms with Gasteiger partial charge < -0.3 is 9.26 Å². The molecule has 0 aliphatic carbocycles. The minimum atomic E-state index is -3.75. The summed E-state index contributed by atoms with van der Waals surface area (Å²) in [6, 6.07) is 12.7. The van der Waals surface area contributed by atoms with Crippen molar-refractivity contribution < 1.29 is 17.7 Å². The van der Waals surface area contributed by atoms with Crippen LogP contribution < -0.4 is 9.46 Å². The highest BCUT2D eigenvalue weighted by Crippen LogP contribution is 2.29. The Kier molecular flexibility index (Phi) is 6.52. The van der Waals surface area contributed by atoms with Crippen LogP contribution in [0.3, 0.4) is 0 Å². The molecule has 0 amide bonds. The lowest BCUT2D eigenvalue weighted by Gasteiger charge is -2.18. The molecule has 1 N–H and O–H groups in total. The van der Waals surface area contributed by atoms with Crippen molar-refractivity contribution in [3.8, 4) is 17.1 Å². The Balaban J connectivity index is 1.73. The van der Waals surface area contributed by atoms with E-state index in [1.807, 2.05) is 38.1 Å². The van der Waals surface area contributed by atoms with Crippen molar-refractivity contribution in [1.82, 2.24) is 14.9 Å². The molecule has 0 bridgehead atoms. The van der Waals surface area contributed by atoms with Gasteiger partial charge in [0.2, 0.25) is 21.7 Å². The van der Waals surface area contributed by atoms with Crippen molar-refractivity contribution in [3.05, 3.63) is 59.5 Å². The average molecular weight is 444 g/mol. The number of benzene rings is 2. The monoisotopic (exact) mass is 443 g/mol. The van der Waals surface area contributed by atoms with Gasteiger partial charge in [-0.3, -0.25) is 0 Å². The van der Waals surface area contributed by atoms with Crippen molar-refractivity contribution in [2.24, 2.45) is 0 Å². The van der Waals surface area contributed by atoms with E-state index in [1.54, 1.807) is 19.2 Å². The Hall–Kier alpha value is -2.71. The molecule has 0 aliphatic heterocycles. The Labute approximate surface area is 183 Å². The molecule has 1 aromatic heterocycles. The molecule has 3 rings (SSSR count). The number of rotatable bonds is 7. The lowest BCUT2D eigenvalue weighted by atomic mass is 9.87. The van der Waals surface area contributed by atoms with Gasteiger partial charge in [0, 0.05) is 5.56 Å². The third kappa shape index (κ3) is 5.32. The van der Waals surface area contributed by atoms with Crippen molar-refractivity contribution in [1.29, 1.82) is 0 Å². The summed E-state index contributed by atoms with van der Waals surface area (Å²) in [5, 5.41) is 3.97. The van der Waals surface area contributed by atoms with Gasteiger partial charge in [0.15, 0.2) is 0 Å². The van der Waals surface area contributed by atoms with Crippen LogP contribution in [0.15, 0.2) is 51.9 Å². The van der Waals surface area contributed by atoms with Gasteiger partial charge in [-0.15, -0.1) is 0 Å². The first-order chi connectivity index (χ1) is 14.5. The third-order valence-electron chi connectivity index (χ3n) is 5.02. The molecule has 1 heterocycles. The first-order valence-corrected chi connectivity index (χ1v) is 11.6. The second kappa shape index (κ2) is 8.80. The van der Waals surface area contributed by atoms with Gasteiger partial charge in [-0.25, -0.2) is 13.1 Å². The van der Waals surface area contributed by atoms with Gasteiger partial charge >= 0.3 is 0 Å². The summed E-state index contributed by atoms with van der Waals surface area (Å²) in [4.78, 5) is 4.48.